The van der Waals surface area contributed by atoms with Crippen LogP contribution in [0.2, 0.25) is 0 Å². The first-order chi connectivity index (χ1) is 30.2. The third-order valence-electron chi connectivity index (χ3n) is 17.9. The molecule has 0 atom stereocenters. The molecule has 0 bridgehead atoms. The minimum atomic E-state index is -0.00366. The summed E-state index contributed by atoms with van der Waals surface area (Å²) in [4.78, 5) is 5.40. The maximum absolute atomic E-state index is 2.73. The molecule has 0 spiro atoms. The van der Waals surface area contributed by atoms with Gasteiger partial charge in [-0.1, -0.05) is 128 Å². The number of nitrogens with zero attached hydrogens (tertiary/aromatic N) is 2. The predicted octanol–water partition coefficient (Wildman–Crippen LogP) is 15.6. The molecule has 2 nitrogen and oxygen atoms in total. The molecule has 0 N–H and O–H groups in total. The summed E-state index contributed by atoms with van der Waals surface area (Å²) >= 11 is 2.04. The Morgan fingerprint density at radius 3 is 1.42 bits per heavy atom. The predicted molar refractivity (Wildman–Crippen MR) is 285 cm³/mol. The molecule has 0 amide bonds. The van der Waals surface area contributed by atoms with E-state index in [0.29, 0.717) is 0 Å². The Morgan fingerprint density at radius 2 is 0.908 bits per heavy atom. The molecule has 6 aromatic rings. The van der Waals surface area contributed by atoms with Crippen LogP contribution in [-0.2, 0) is 37.9 Å². The van der Waals surface area contributed by atoms with Crippen LogP contribution >= 0.6 is 11.3 Å². The van der Waals surface area contributed by atoms with Gasteiger partial charge in [0.05, 0.1) is 5.00 Å². The van der Waals surface area contributed by atoms with Crippen molar-refractivity contribution in [1.29, 1.82) is 0 Å². The van der Waals surface area contributed by atoms with Gasteiger partial charge in [0.2, 0.25) is 0 Å². The van der Waals surface area contributed by atoms with Crippen LogP contribution in [-0.4, -0.2) is 6.71 Å². The Balaban J connectivity index is 1.26. The number of hydrogen-bond donors (Lipinski definition) is 0. The summed E-state index contributed by atoms with van der Waals surface area (Å²) in [5, 5.41) is 2.83. The second kappa shape index (κ2) is 13.5. The molecule has 5 aromatic carbocycles. The van der Waals surface area contributed by atoms with Crippen molar-refractivity contribution in [2.45, 2.75) is 187 Å². The normalized spacial score (nSPS) is 21.2. The van der Waals surface area contributed by atoms with Crippen molar-refractivity contribution in [2.24, 2.45) is 0 Å². The maximum atomic E-state index is 2.73. The van der Waals surface area contributed by atoms with E-state index in [1.807, 2.05) is 11.3 Å². The van der Waals surface area contributed by atoms with Crippen LogP contribution in [0.1, 0.15) is 187 Å². The Kier molecular flexibility index (Phi) is 8.96. The molecule has 0 unspecified atom stereocenters. The Morgan fingerprint density at radius 1 is 0.462 bits per heavy atom. The number of aryl methyl sites for hydroxylation is 1. The van der Waals surface area contributed by atoms with Gasteiger partial charge in [-0.3, -0.25) is 0 Å². The van der Waals surface area contributed by atoms with Crippen LogP contribution in [0.25, 0.3) is 10.1 Å². The van der Waals surface area contributed by atoms with Crippen LogP contribution in [0.3, 0.4) is 0 Å². The van der Waals surface area contributed by atoms with Crippen molar-refractivity contribution in [1.82, 2.24) is 0 Å². The van der Waals surface area contributed by atoms with Crippen molar-refractivity contribution < 1.29 is 0 Å². The molecule has 3 aliphatic carbocycles. The van der Waals surface area contributed by atoms with Gasteiger partial charge in [-0.15, -0.1) is 11.3 Å². The molecule has 1 aromatic heterocycles. The zero-order valence-corrected chi connectivity index (χ0v) is 43.4. The molecule has 3 heterocycles. The zero-order chi connectivity index (χ0) is 46.3. The van der Waals surface area contributed by atoms with E-state index in [2.05, 4.69) is 199 Å². The standard InChI is InChI=1S/C61H73BN2S/c1-36-29-49-53-50(30-36)64(39-19-21-42-44(33-39)59(11,12)26-24-57(42,7)8)54-52(40-34-45-46(35-51(40)65-54)61(15,16)28-27-60(45,13)14)62(53)47-31-37(55(2,3)4)17-22-48(47)63(49)38-18-20-41-43(32-38)58(9,10)25-23-56(41,5)6/h17-22,29-35H,23-28H2,1-16H3. The third kappa shape index (κ3) is 6.30. The van der Waals surface area contributed by atoms with E-state index in [0.717, 1.165) is 0 Å². The molecule has 336 valence electrons. The molecule has 5 aliphatic rings. The smallest absolute Gasteiger partial charge is 0.254 e. The maximum Gasteiger partial charge on any atom is 0.254 e. The zero-order valence-electron chi connectivity index (χ0n) is 42.6. The Labute approximate surface area is 396 Å². The summed E-state index contributed by atoms with van der Waals surface area (Å²) in [7, 11) is 0. The lowest BCUT2D eigenvalue weighted by atomic mass is 9.33. The van der Waals surface area contributed by atoms with Gasteiger partial charge in [-0.25, -0.2) is 0 Å². The van der Waals surface area contributed by atoms with Gasteiger partial charge < -0.3 is 9.80 Å². The molecule has 11 rings (SSSR count). The number of thiophene rings is 1. The third-order valence-corrected chi connectivity index (χ3v) is 19.0. The van der Waals surface area contributed by atoms with E-state index in [9.17, 15) is 0 Å². The second-order valence-electron chi connectivity index (χ2n) is 26.3. The minimum Gasteiger partial charge on any atom is -0.311 e. The quantitative estimate of drug-likeness (QED) is 0.160. The van der Waals surface area contributed by atoms with Crippen molar-refractivity contribution in [2.75, 3.05) is 9.80 Å². The lowest BCUT2D eigenvalue weighted by molar-refractivity contribution is 0.332. The molecular weight excluding hydrogens is 804 g/mol. The Bertz CT molecular complexity index is 3020. The number of fused-ring (bicyclic) bond motifs is 9. The van der Waals surface area contributed by atoms with Crippen LogP contribution in [0.4, 0.5) is 33.4 Å². The van der Waals surface area contributed by atoms with E-state index < -0.39 is 0 Å². The molecule has 0 saturated heterocycles. The number of anilines is 6. The highest BCUT2D eigenvalue weighted by Crippen LogP contribution is 2.55. The van der Waals surface area contributed by atoms with E-state index in [1.165, 1.54) is 132 Å². The summed E-state index contributed by atoms with van der Waals surface area (Å²) in [5.41, 5.74) is 23.4. The van der Waals surface area contributed by atoms with E-state index in [1.54, 1.807) is 11.1 Å². The molecular formula is C61H73BN2S. The molecule has 4 heteroatoms. The fraction of sp³-hybridized carbons (Fsp3) is 0.475. The first-order valence-electron chi connectivity index (χ1n) is 25.0. The summed E-state index contributed by atoms with van der Waals surface area (Å²) in [6.45, 7) is 39.2. The summed E-state index contributed by atoms with van der Waals surface area (Å²) in [6, 6.07) is 33.0. The average molecular weight is 877 g/mol. The fourth-order valence-electron chi connectivity index (χ4n) is 13.2. The highest BCUT2D eigenvalue weighted by atomic mass is 32.1. The first-order valence-corrected chi connectivity index (χ1v) is 25.8. The lowest BCUT2D eigenvalue weighted by Crippen LogP contribution is -2.61. The number of benzene rings is 5. The van der Waals surface area contributed by atoms with Gasteiger partial charge in [0.25, 0.3) is 6.71 Å². The van der Waals surface area contributed by atoms with E-state index in [4.69, 9.17) is 0 Å². The van der Waals surface area contributed by atoms with Crippen LogP contribution in [0.15, 0.2) is 78.9 Å². The van der Waals surface area contributed by atoms with Crippen molar-refractivity contribution in [3.05, 3.63) is 123 Å². The van der Waals surface area contributed by atoms with Gasteiger partial charge in [0, 0.05) is 33.1 Å². The molecule has 0 saturated carbocycles. The van der Waals surface area contributed by atoms with Gasteiger partial charge >= 0.3 is 0 Å². The highest BCUT2D eigenvalue weighted by Gasteiger charge is 2.48. The van der Waals surface area contributed by atoms with Crippen molar-refractivity contribution >= 4 is 78.0 Å². The summed E-state index contributed by atoms with van der Waals surface area (Å²) < 4.78 is 1.42. The topological polar surface area (TPSA) is 6.48 Å². The largest absolute Gasteiger partial charge is 0.311 e. The fourth-order valence-corrected chi connectivity index (χ4v) is 14.4. The summed E-state index contributed by atoms with van der Waals surface area (Å²) in [5.74, 6) is 0. The monoisotopic (exact) mass is 877 g/mol. The van der Waals surface area contributed by atoms with Gasteiger partial charge in [0.15, 0.2) is 0 Å². The van der Waals surface area contributed by atoms with Gasteiger partial charge in [0.1, 0.15) is 0 Å². The van der Waals surface area contributed by atoms with Gasteiger partial charge in [-0.05, 0) is 204 Å². The van der Waals surface area contributed by atoms with Gasteiger partial charge in [-0.2, -0.15) is 0 Å². The number of rotatable bonds is 2. The van der Waals surface area contributed by atoms with Crippen LogP contribution in [0.5, 0.6) is 0 Å². The van der Waals surface area contributed by atoms with E-state index >= 15 is 0 Å². The van der Waals surface area contributed by atoms with Crippen LogP contribution in [0, 0.1) is 6.92 Å². The molecule has 2 aliphatic heterocycles. The van der Waals surface area contributed by atoms with Crippen LogP contribution < -0.4 is 26.2 Å². The molecule has 0 fully saturated rings. The summed E-state index contributed by atoms with van der Waals surface area (Å²) in [6.07, 6.45) is 7.23. The lowest BCUT2D eigenvalue weighted by Gasteiger charge is -2.46. The second-order valence-corrected chi connectivity index (χ2v) is 27.4. The molecule has 0 radical (unpaired) electrons. The van der Waals surface area contributed by atoms with Crippen molar-refractivity contribution in [3.8, 4) is 0 Å². The van der Waals surface area contributed by atoms with Crippen molar-refractivity contribution in [3.63, 3.8) is 0 Å². The Hall–Kier alpha value is -4.28. The first kappa shape index (κ1) is 43.3. The molecule has 65 heavy (non-hydrogen) atoms. The number of hydrogen-bond acceptors (Lipinski definition) is 3. The minimum absolute atomic E-state index is 0.00366. The average Bonchev–Trinajstić information content (AvgIpc) is 3.60. The van der Waals surface area contributed by atoms with E-state index in [-0.39, 0.29) is 44.6 Å². The SMILES string of the molecule is Cc1cc2c3c(c1)N(c1ccc4c(c1)C(C)(C)CCC4(C)C)c1sc4cc5c(cc4c1B3c1cc(C(C)(C)C)ccc1N2c1ccc2c(c1)C(C)(C)CCC2(C)C)C(C)(C)CCC5(C)C. The highest BCUT2D eigenvalue weighted by molar-refractivity contribution is 7.26.